The quantitative estimate of drug-likeness (QED) is 0.832. The first-order valence-corrected chi connectivity index (χ1v) is 9.14. The van der Waals surface area contributed by atoms with Crippen LogP contribution in [0.25, 0.3) is 0 Å². The van der Waals surface area contributed by atoms with Crippen molar-refractivity contribution in [3.63, 3.8) is 0 Å². The maximum Gasteiger partial charge on any atom is 0.405 e. The van der Waals surface area contributed by atoms with Gasteiger partial charge >= 0.3 is 6.09 Å². The maximum atomic E-state index is 12.5. The van der Waals surface area contributed by atoms with Gasteiger partial charge in [-0.2, -0.15) is 0 Å². The van der Waals surface area contributed by atoms with Crippen molar-refractivity contribution in [3.8, 4) is 0 Å². The van der Waals surface area contributed by atoms with Gasteiger partial charge in [0, 0.05) is 44.2 Å². The molecule has 0 radical (unpaired) electrons. The summed E-state index contributed by atoms with van der Waals surface area (Å²) in [5.41, 5.74) is 0.620. The van der Waals surface area contributed by atoms with E-state index in [2.05, 4.69) is 10.2 Å². The van der Waals surface area contributed by atoms with Gasteiger partial charge in [0.1, 0.15) is 5.82 Å². The number of aryl methyl sites for hydroxylation is 1. The number of hydrogen-bond donors (Lipinski definition) is 2. The van der Waals surface area contributed by atoms with Crippen molar-refractivity contribution in [1.29, 1.82) is 0 Å². The summed E-state index contributed by atoms with van der Waals surface area (Å²) in [5, 5.41) is 11.6. The molecule has 2 N–H and O–H groups in total. The zero-order chi connectivity index (χ0) is 18.5. The van der Waals surface area contributed by atoms with E-state index in [0.717, 1.165) is 37.3 Å². The van der Waals surface area contributed by atoms with Gasteiger partial charge in [0.25, 0.3) is 5.56 Å². The molecule has 0 unspecified atom stereocenters. The highest BCUT2D eigenvalue weighted by Crippen LogP contribution is 2.35. The second-order valence-electron chi connectivity index (χ2n) is 7.84. The number of carbonyl (C=O) groups excluding carboxylic acids is 1. The number of carbonyl (C=O) groups is 2. The number of nitrogens with zero attached hydrogens (tertiary/aromatic N) is 3. The summed E-state index contributed by atoms with van der Waals surface area (Å²) in [6.45, 7) is 4.72. The molecule has 1 aromatic rings. The zero-order valence-electron chi connectivity index (χ0n) is 14.9. The van der Waals surface area contributed by atoms with E-state index in [1.54, 1.807) is 15.5 Å². The standard InChI is InChI=1S/C18H24N4O4/c1-18(19-17(25)26)6-8-20(9-7-18)10-13-11-21-14(23)4-2-12-3-5-15(24)22(13)16(12)21/h3,5,13,19H,2,4,6-11H2,1H3,(H,25,26)/t13-/m1/s1. The number of aromatic nitrogens is 1. The third-order valence-electron chi connectivity index (χ3n) is 5.94. The van der Waals surface area contributed by atoms with Crippen LogP contribution in [0.2, 0.25) is 0 Å². The molecule has 1 aromatic heterocycles. The highest BCUT2D eigenvalue weighted by molar-refractivity contribution is 5.96. The Balaban J connectivity index is 1.50. The van der Waals surface area contributed by atoms with Crippen molar-refractivity contribution in [2.75, 3.05) is 31.1 Å². The molecule has 8 nitrogen and oxygen atoms in total. The third-order valence-corrected chi connectivity index (χ3v) is 5.94. The summed E-state index contributed by atoms with van der Waals surface area (Å²) in [6.07, 6.45) is 1.67. The number of carboxylic acid groups (broad SMARTS) is 1. The lowest BCUT2D eigenvalue weighted by Crippen LogP contribution is -2.53. The number of piperidine rings is 1. The summed E-state index contributed by atoms with van der Waals surface area (Å²) in [4.78, 5) is 39.7. The van der Waals surface area contributed by atoms with Gasteiger partial charge in [0.2, 0.25) is 5.91 Å². The number of nitrogens with one attached hydrogen (secondary N) is 1. The zero-order valence-corrected chi connectivity index (χ0v) is 14.9. The molecule has 1 fully saturated rings. The number of likely N-dealkylation sites (tertiary alicyclic amines) is 1. The summed E-state index contributed by atoms with van der Waals surface area (Å²) >= 11 is 0. The number of hydrogen-bond acceptors (Lipinski definition) is 4. The number of pyridine rings is 1. The second kappa shape index (κ2) is 6.12. The summed E-state index contributed by atoms with van der Waals surface area (Å²) in [5.74, 6) is 0.879. The molecule has 3 aliphatic heterocycles. The lowest BCUT2D eigenvalue weighted by molar-refractivity contribution is -0.118. The van der Waals surface area contributed by atoms with Crippen LogP contribution in [0.5, 0.6) is 0 Å². The monoisotopic (exact) mass is 360 g/mol. The van der Waals surface area contributed by atoms with E-state index < -0.39 is 11.6 Å². The number of amides is 2. The van der Waals surface area contributed by atoms with E-state index in [0.29, 0.717) is 25.9 Å². The molecule has 0 saturated carbocycles. The lowest BCUT2D eigenvalue weighted by Gasteiger charge is -2.40. The van der Waals surface area contributed by atoms with Crippen LogP contribution in [0.3, 0.4) is 0 Å². The second-order valence-corrected chi connectivity index (χ2v) is 7.84. The Bertz CT molecular complexity index is 810. The topological polar surface area (TPSA) is 94.9 Å². The SMILES string of the molecule is CC1(NC(=O)O)CCN(C[C@@H]2CN3C(=O)CCc4ccc(=O)n2c43)CC1. The van der Waals surface area contributed by atoms with E-state index in [9.17, 15) is 14.4 Å². The van der Waals surface area contributed by atoms with Crippen molar-refractivity contribution < 1.29 is 14.7 Å². The predicted octanol–water partition coefficient (Wildman–Crippen LogP) is 0.804. The van der Waals surface area contributed by atoms with Crippen molar-refractivity contribution in [2.45, 2.75) is 44.2 Å². The Labute approximate surface area is 151 Å². The average molecular weight is 360 g/mol. The molecule has 1 saturated heterocycles. The van der Waals surface area contributed by atoms with Crippen LogP contribution in [-0.4, -0.2) is 58.3 Å². The van der Waals surface area contributed by atoms with Crippen LogP contribution in [-0.2, 0) is 11.2 Å². The molecule has 0 bridgehead atoms. The largest absolute Gasteiger partial charge is 0.465 e. The molecule has 8 heteroatoms. The van der Waals surface area contributed by atoms with Crippen LogP contribution in [0.15, 0.2) is 16.9 Å². The van der Waals surface area contributed by atoms with Gasteiger partial charge in [-0.15, -0.1) is 0 Å². The Kier molecular flexibility index (Phi) is 4.02. The summed E-state index contributed by atoms with van der Waals surface area (Å²) in [6, 6.07) is 3.41. The van der Waals surface area contributed by atoms with Crippen molar-refractivity contribution >= 4 is 17.8 Å². The first-order chi connectivity index (χ1) is 12.4. The van der Waals surface area contributed by atoms with Crippen molar-refractivity contribution in [1.82, 2.24) is 14.8 Å². The van der Waals surface area contributed by atoms with Crippen LogP contribution >= 0.6 is 0 Å². The molecular weight excluding hydrogens is 336 g/mol. The Morgan fingerprint density at radius 2 is 2.00 bits per heavy atom. The first-order valence-electron chi connectivity index (χ1n) is 9.14. The molecular formula is C18H24N4O4. The van der Waals surface area contributed by atoms with Gasteiger partial charge in [0.05, 0.1) is 6.04 Å². The molecule has 0 aliphatic carbocycles. The normalized spacial score (nSPS) is 24.4. The molecule has 1 atom stereocenters. The van der Waals surface area contributed by atoms with E-state index in [4.69, 9.17) is 5.11 Å². The molecule has 0 spiro atoms. The smallest absolute Gasteiger partial charge is 0.405 e. The van der Waals surface area contributed by atoms with Gasteiger partial charge in [-0.1, -0.05) is 0 Å². The van der Waals surface area contributed by atoms with Crippen LogP contribution < -0.4 is 15.8 Å². The highest BCUT2D eigenvalue weighted by Gasteiger charge is 2.39. The minimum absolute atomic E-state index is 0.0451. The lowest BCUT2D eigenvalue weighted by atomic mass is 9.89. The fourth-order valence-electron chi connectivity index (χ4n) is 4.46. The van der Waals surface area contributed by atoms with Crippen LogP contribution in [0.1, 0.15) is 37.8 Å². The van der Waals surface area contributed by atoms with Crippen LogP contribution in [0.4, 0.5) is 10.6 Å². The maximum absolute atomic E-state index is 12.5. The minimum Gasteiger partial charge on any atom is -0.465 e. The molecule has 4 rings (SSSR count). The minimum atomic E-state index is -0.989. The van der Waals surface area contributed by atoms with Gasteiger partial charge in [0.15, 0.2) is 0 Å². The van der Waals surface area contributed by atoms with Crippen molar-refractivity contribution in [2.24, 2.45) is 0 Å². The fourth-order valence-corrected chi connectivity index (χ4v) is 4.46. The van der Waals surface area contributed by atoms with Crippen molar-refractivity contribution in [3.05, 3.63) is 28.0 Å². The third kappa shape index (κ3) is 2.88. The molecule has 26 heavy (non-hydrogen) atoms. The Morgan fingerprint density at radius 3 is 2.69 bits per heavy atom. The fraction of sp³-hybridized carbons (Fsp3) is 0.611. The molecule has 140 valence electrons. The summed E-state index contributed by atoms with van der Waals surface area (Å²) < 4.78 is 1.79. The number of rotatable bonds is 3. The van der Waals surface area contributed by atoms with E-state index >= 15 is 0 Å². The average Bonchev–Trinajstić information content (AvgIpc) is 2.96. The van der Waals surface area contributed by atoms with Gasteiger partial charge < -0.3 is 15.3 Å². The van der Waals surface area contributed by atoms with Crippen LogP contribution in [0, 0.1) is 0 Å². The number of anilines is 1. The Hall–Kier alpha value is -2.35. The first kappa shape index (κ1) is 17.1. The van der Waals surface area contributed by atoms with Gasteiger partial charge in [-0.05, 0) is 37.8 Å². The molecule has 0 aromatic carbocycles. The van der Waals surface area contributed by atoms with E-state index in [-0.39, 0.29) is 17.5 Å². The Morgan fingerprint density at radius 1 is 1.27 bits per heavy atom. The van der Waals surface area contributed by atoms with E-state index in [1.807, 2.05) is 13.0 Å². The molecule has 4 heterocycles. The summed E-state index contributed by atoms with van der Waals surface area (Å²) in [7, 11) is 0. The molecule has 2 amide bonds. The predicted molar refractivity (Wildman–Crippen MR) is 95.7 cm³/mol. The van der Waals surface area contributed by atoms with E-state index in [1.165, 1.54) is 0 Å². The van der Waals surface area contributed by atoms with Gasteiger partial charge in [-0.3, -0.25) is 19.1 Å². The molecule has 3 aliphatic rings. The van der Waals surface area contributed by atoms with Gasteiger partial charge in [-0.25, -0.2) is 4.79 Å². The highest BCUT2D eigenvalue weighted by atomic mass is 16.4.